The second-order valence-electron chi connectivity index (χ2n) is 4.27. The Labute approximate surface area is 137 Å². The van der Waals surface area contributed by atoms with Gasteiger partial charge >= 0.3 is 0 Å². The average molecular weight is 362 g/mol. The Morgan fingerprint density at radius 2 is 1.68 bits per heavy atom. The summed E-state index contributed by atoms with van der Waals surface area (Å²) in [4.78, 5) is 11.1. The third-order valence-electron chi connectivity index (χ3n) is 2.79. The molecule has 0 saturated carbocycles. The second kappa shape index (κ2) is 6.64. The first-order valence-electron chi connectivity index (χ1n) is 6.03. The highest BCUT2D eigenvalue weighted by Gasteiger charge is 2.28. The Balaban J connectivity index is 2.56. The fraction of sp³-hybridized carbons (Fsp3) is 0.0714. The summed E-state index contributed by atoms with van der Waals surface area (Å²) in [5, 5.41) is -0.725. The van der Waals surface area contributed by atoms with Gasteiger partial charge in [0.15, 0.2) is 0 Å². The second-order valence-corrected chi connectivity index (χ2v) is 6.96. The number of hydrogen-bond acceptors (Lipinski definition) is 3. The van der Waals surface area contributed by atoms with Crippen LogP contribution in [0.3, 0.4) is 0 Å². The fourth-order valence-corrected chi connectivity index (χ4v) is 3.72. The van der Waals surface area contributed by atoms with E-state index in [-0.39, 0.29) is 15.6 Å². The first-order chi connectivity index (χ1) is 10.3. The van der Waals surface area contributed by atoms with E-state index in [2.05, 4.69) is 0 Å². The number of halogens is 3. The van der Waals surface area contributed by atoms with E-state index in [1.807, 2.05) is 0 Å². The van der Waals surface area contributed by atoms with Gasteiger partial charge in [0, 0.05) is 0 Å². The standard InChI is InChI=1S/C14H10Cl2FNO3S/c15-12-3-1-2-4-13(12)18(9-14(16)19)22(20,21)11-7-5-10(17)6-8-11/h1-8H,9H2. The molecule has 0 atom stereocenters. The molecule has 0 aromatic heterocycles. The van der Waals surface area contributed by atoms with Crippen LogP contribution in [-0.4, -0.2) is 20.2 Å². The van der Waals surface area contributed by atoms with E-state index in [4.69, 9.17) is 23.2 Å². The maximum atomic E-state index is 13.0. The van der Waals surface area contributed by atoms with Crippen molar-refractivity contribution in [1.82, 2.24) is 0 Å². The van der Waals surface area contributed by atoms with Crippen molar-refractivity contribution in [3.8, 4) is 0 Å². The van der Waals surface area contributed by atoms with Gasteiger partial charge in [-0.05, 0) is 48.0 Å². The summed E-state index contributed by atoms with van der Waals surface area (Å²) in [5.74, 6) is -0.573. The number of sulfonamides is 1. The summed E-state index contributed by atoms with van der Waals surface area (Å²) >= 11 is 11.3. The molecule has 0 bridgehead atoms. The zero-order valence-corrected chi connectivity index (χ0v) is 13.4. The van der Waals surface area contributed by atoms with Crippen LogP contribution in [0.15, 0.2) is 53.4 Å². The molecule has 8 heteroatoms. The van der Waals surface area contributed by atoms with Crippen LogP contribution in [0.1, 0.15) is 0 Å². The van der Waals surface area contributed by atoms with Crippen molar-refractivity contribution < 1.29 is 17.6 Å². The van der Waals surface area contributed by atoms with Crippen LogP contribution in [0.5, 0.6) is 0 Å². The molecule has 0 aliphatic carbocycles. The van der Waals surface area contributed by atoms with Gasteiger partial charge in [-0.1, -0.05) is 23.7 Å². The summed E-state index contributed by atoms with van der Waals surface area (Å²) in [5.41, 5.74) is 0.113. The zero-order chi connectivity index (χ0) is 16.3. The molecule has 22 heavy (non-hydrogen) atoms. The first kappa shape index (κ1) is 16.7. The number of nitrogens with zero attached hydrogens (tertiary/aromatic N) is 1. The molecule has 0 saturated heterocycles. The predicted molar refractivity (Wildman–Crippen MR) is 83.2 cm³/mol. The highest BCUT2D eigenvalue weighted by atomic mass is 35.5. The Hall–Kier alpha value is -1.63. The van der Waals surface area contributed by atoms with Crippen LogP contribution in [0.2, 0.25) is 5.02 Å². The van der Waals surface area contributed by atoms with Crippen LogP contribution in [0.4, 0.5) is 10.1 Å². The molecule has 0 spiro atoms. The minimum atomic E-state index is -4.11. The van der Waals surface area contributed by atoms with Crippen molar-refractivity contribution in [1.29, 1.82) is 0 Å². The molecule has 0 radical (unpaired) electrons. The van der Waals surface area contributed by atoms with Crippen LogP contribution >= 0.6 is 23.2 Å². The summed E-state index contributed by atoms with van der Waals surface area (Å²) in [7, 11) is -4.11. The molecule has 4 nitrogen and oxygen atoms in total. The van der Waals surface area contributed by atoms with Gasteiger partial charge in [0.05, 0.1) is 15.6 Å². The van der Waals surface area contributed by atoms with E-state index in [0.29, 0.717) is 0 Å². The molecule has 2 rings (SSSR count). The van der Waals surface area contributed by atoms with E-state index >= 15 is 0 Å². The molecule has 0 aliphatic rings. The molecule has 0 amide bonds. The van der Waals surface area contributed by atoms with Crippen LogP contribution < -0.4 is 4.31 Å². The monoisotopic (exact) mass is 361 g/mol. The Morgan fingerprint density at radius 1 is 1.09 bits per heavy atom. The summed E-state index contributed by atoms with van der Waals surface area (Å²) in [6.07, 6.45) is 0. The molecular formula is C14H10Cl2FNO3S. The molecule has 0 N–H and O–H groups in total. The van der Waals surface area contributed by atoms with Crippen LogP contribution in [-0.2, 0) is 14.8 Å². The van der Waals surface area contributed by atoms with Gasteiger partial charge < -0.3 is 0 Å². The smallest absolute Gasteiger partial charge is 0.264 e. The Morgan fingerprint density at radius 3 is 2.23 bits per heavy atom. The van der Waals surface area contributed by atoms with Gasteiger partial charge in [0.1, 0.15) is 12.4 Å². The number of hydrogen-bond donors (Lipinski definition) is 0. The lowest BCUT2D eigenvalue weighted by molar-refractivity contribution is -0.110. The topological polar surface area (TPSA) is 54.5 Å². The molecule has 0 heterocycles. The largest absolute Gasteiger partial charge is 0.279 e. The molecule has 0 fully saturated rings. The molecule has 116 valence electrons. The van der Waals surface area contributed by atoms with Crippen molar-refractivity contribution in [3.63, 3.8) is 0 Å². The summed E-state index contributed by atoms with van der Waals surface area (Å²) < 4.78 is 39.1. The number of benzene rings is 2. The van der Waals surface area contributed by atoms with Gasteiger partial charge in [-0.25, -0.2) is 12.8 Å². The van der Waals surface area contributed by atoms with Gasteiger partial charge in [0.2, 0.25) is 5.24 Å². The number of carbonyl (C=O) groups is 1. The van der Waals surface area contributed by atoms with Crippen molar-refractivity contribution in [2.45, 2.75) is 4.90 Å². The van der Waals surface area contributed by atoms with Gasteiger partial charge in [-0.15, -0.1) is 0 Å². The summed E-state index contributed by atoms with van der Waals surface area (Å²) in [6, 6.07) is 10.4. The number of rotatable bonds is 5. The highest BCUT2D eigenvalue weighted by Crippen LogP contribution is 2.30. The van der Waals surface area contributed by atoms with Gasteiger partial charge in [-0.3, -0.25) is 9.10 Å². The van der Waals surface area contributed by atoms with Crippen LogP contribution in [0, 0.1) is 5.82 Å². The van der Waals surface area contributed by atoms with Crippen molar-refractivity contribution in [3.05, 3.63) is 59.4 Å². The number of anilines is 1. The molecule has 0 aliphatic heterocycles. The van der Waals surface area contributed by atoms with E-state index < -0.39 is 27.6 Å². The highest BCUT2D eigenvalue weighted by molar-refractivity contribution is 7.92. The lowest BCUT2D eigenvalue weighted by Gasteiger charge is -2.23. The van der Waals surface area contributed by atoms with Gasteiger partial charge in [0.25, 0.3) is 10.0 Å². The van der Waals surface area contributed by atoms with Crippen molar-refractivity contribution >= 4 is 44.2 Å². The molecule has 2 aromatic rings. The molecular weight excluding hydrogens is 352 g/mol. The maximum Gasteiger partial charge on any atom is 0.264 e. The third-order valence-corrected chi connectivity index (χ3v) is 5.00. The van der Waals surface area contributed by atoms with Gasteiger partial charge in [-0.2, -0.15) is 0 Å². The quantitative estimate of drug-likeness (QED) is 0.766. The maximum absolute atomic E-state index is 13.0. The SMILES string of the molecule is O=C(Cl)CN(c1ccccc1Cl)S(=O)(=O)c1ccc(F)cc1. The molecule has 0 unspecified atom stereocenters. The predicted octanol–water partition coefficient (Wildman–Crippen LogP) is 3.44. The third kappa shape index (κ3) is 3.58. The minimum Gasteiger partial charge on any atom is -0.279 e. The average Bonchev–Trinajstić information content (AvgIpc) is 2.46. The first-order valence-corrected chi connectivity index (χ1v) is 8.23. The minimum absolute atomic E-state index is 0.113. The number of para-hydroxylation sites is 1. The van der Waals surface area contributed by atoms with E-state index in [9.17, 15) is 17.6 Å². The molecule has 2 aromatic carbocycles. The zero-order valence-electron chi connectivity index (χ0n) is 11.0. The number of carbonyl (C=O) groups excluding carboxylic acids is 1. The Kier molecular flexibility index (Phi) is 5.05. The van der Waals surface area contributed by atoms with E-state index in [1.165, 1.54) is 12.1 Å². The van der Waals surface area contributed by atoms with Crippen molar-refractivity contribution in [2.75, 3.05) is 10.8 Å². The fourth-order valence-electron chi connectivity index (χ4n) is 1.80. The summed E-state index contributed by atoms with van der Waals surface area (Å²) in [6.45, 7) is -0.592. The lowest BCUT2D eigenvalue weighted by Crippen LogP contribution is -2.34. The van der Waals surface area contributed by atoms with E-state index in [1.54, 1.807) is 12.1 Å². The lowest BCUT2D eigenvalue weighted by atomic mass is 10.3. The van der Waals surface area contributed by atoms with Crippen LogP contribution in [0.25, 0.3) is 0 Å². The Bertz CT molecular complexity index is 794. The van der Waals surface area contributed by atoms with Crippen molar-refractivity contribution in [2.24, 2.45) is 0 Å². The normalized spacial score (nSPS) is 11.2. The van der Waals surface area contributed by atoms with E-state index in [0.717, 1.165) is 28.6 Å².